The second kappa shape index (κ2) is 8.71. The Kier molecular flexibility index (Phi) is 5.98. The van der Waals surface area contributed by atoms with Crippen molar-refractivity contribution >= 4 is 21.1 Å². The van der Waals surface area contributed by atoms with Crippen LogP contribution in [0.1, 0.15) is 38.0 Å². The first-order chi connectivity index (χ1) is 15.3. The fourth-order valence-electron chi connectivity index (χ4n) is 3.44. The molecule has 0 spiro atoms. The van der Waals surface area contributed by atoms with E-state index in [-0.39, 0.29) is 29.6 Å². The van der Waals surface area contributed by atoms with Gasteiger partial charge in [0.2, 0.25) is 15.9 Å². The summed E-state index contributed by atoms with van der Waals surface area (Å²) < 4.78 is 40.0. The fourth-order valence-corrected chi connectivity index (χ4v) is 5.08. The van der Waals surface area contributed by atoms with E-state index < -0.39 is 15.8 Å². The van der Waals surface area contributed by atoms with E-state index in [1.165, 1.54) is 21.0 Å². The molecule has 0 saturated carbocycles. The average Bonchev–Trinajstić information content (AvgIpc) is 3.36. The number of fused-ring (bicyclic) bond motifs is 1. The number of aromatic nitrogens is 3. The van der Waals surface area contributed by atoms with Crippen LogP contribution in [0.5, 0.6) is 0 Å². The summed E-state index contributed by atoms with van der Waals surface area (Å²) in [7, 11) is -3.83. The van der Waals surface area contributed by atoms with Gasteiger partial charge in [-0.15, -0.1) is 0 Å². The highest BCUT2D eigenvalue weighted by Crippen LogP contribution is 2.25. The van der Waals surface area contributed by atoms with Crippen molar-refractivity contribution in [2.75, 3.05) is 0 Å². The number of oxazole rings is 1. The van der Waals surface area contributed by atoms with Gasteiger partial charge in [0.25, 0.3) is 0 Å². The molecule has 0 saturated heterocycles. The minimum Gasteiger partial charge on any atom is -0.408 e. The van der Waals surface area contributed by atoms with Crippen molar-refractivity contribution in [1.29, 1.82) is 0 Å². The molecule has 0 bridgehead atoms. The van der Waals surface area contributed by atoms with Crippen LogP contribution < -0.4 is 5.76 Å². The smallest absolute Gasteiger partial charge is 0.408 e. The van der Waals surface area contributed by atoms with Crippen LogP contribution in [0.15, 0.2) is 67.2 Å². The maximum absolute atomic E-state index is 13.4. The van der Waals surface area contributed by atoms with Gasteiger partial charge in [0.1, 0.15) is 0 Å². The number of nitrogens with zero attached hydrogens (tertiary/aromatic N) is 4. The molecule has 0 radical (unpaired) electrons. The van der Waals surface area contributed by atoms with Gasteiger partial charge in [-0.1, -0.05) is 42.4 Å². The van der Waals surface area contributed by atoms with Gasteiger partial charge < -0.3 is 8.94 Å². The highest BCUT2D eigenvalue weighted by atomic mass is 32.2. The van der Waals surface area contributed by atoms with Gasteiger partial charge >= 0.3 is 5.76 Å². The van der Waals surface area contributed by atoms with Crippen molar-refractivity contribution in [3.8, 4) is 0 Å². The van der Waals surface area contributed by atoms with Crippen LogP contribution in [0, 0.1) is 0 Å². The van der Waals surface area contributed by atoms with E-state index in [1.54, 1.807) is 6.07 Å². The largest absolute Gasteiger partial charge is 0.420 e. The summed E-state index contributed by atoms with van der Waals surface area (Å²) >= 11 is 0. The standard InChI is InChI=1S/C22H24N4O5S/c1-4-21-23-20(24-31-21)14-25-18-11-10-17(12-19(18)30-22(25)27)32(28,29)26(15(2)3)13-16-8-6-5-7-9-16/h5-12,15H,4,13-14H2,1-3H3. The van der Waals surface area contributed by atoms with Crippen LogP contribution in [-0.2, 0) is 29.5 Å². The van der Waals surface area contributed by atoms with Crippen molar-refractivity contribution in [2.45, 2.75) is 51.2 Å². The summed E-state index contributed by atoms with van der Waals surface area (Å²) in [5.74, 6) is 0.195. The van der Waals surface area contributed by atoms with Gasteiger partial charge in [-0.2, -0.15) is 9.29 Å². The van der Waals surface area contributed by atoms with E-state index in [0.717, 1.165) is 5.56 Å². The molecule has 0 aliphatic rings. The lowest BCUT2D eigenvalue weighted by molar-refractivity contribution is 0.348. The van der Waals surface area contributed by atoms with Crippen molar-refractivity contribution in [1.82, 2.24) is 19.0 Å². The van der Waals surface area contributed by atoms with Crippen LogP contribution in [0.2, 0.25) is 0 Å². The Labute approximate surface area is 185 Å². The Balaban J connectivity index is 1.68. The first-order valence-electron chi connectivity index (χ1n) is 10.3. The Morgan fingerprint density at radius 3 is 2.53 bits per heavy atom. The molecule has 0 fully saturated rings. The third-order valence-electron chi connectivity index (χ3n) is 5.12. The number of hydrogen-bond acceptors (Lipinski definition) is 7. The van der Waals surface area contributed by atoms with E-state index in [2.05, 4.69) is 10.1 Å². The minimum atomic E-state index is -3.83. The molecule has 2 aromatic heterocycles. The van der Waals surface area contributed by atoms with Gasteiger partial charge in [0.05, 0.1) is 17.0 Å². The molecule has 32 heavy (non-hydrogen) atoms. The molecule has 9 nitrogen and oxygen atoms in total. The third kappa shape index (κ3) is 4.23. The third-order valence-corrected chi connectivity index (χ3v) is 7.13. The molecule has 0 amide bonds. The fraction of sp³-hybridized carbons (Fsp3) is 0.318. The van der Waals surface area contributed by atoms with Crippen LogP contribution >= 0.6 is 0 Å². The van der Waals surface area contributed by atoms with Crippen molar-refractivity contribution in [3.63, 3.8) is 0 Å². The Morgan fingerprint density at radius 1 is 1.12 bits per heavy atom. The monoisotopic (exact) mass is 456 g/mol. The summed E-state index contributed by atoms with van der Waals surface area (Å²) in [4.78, 5) is 16.7. The molecule has 168 valence electrons. The molecule has 0 aliphatic carbocycles. The zero-order chi connectivity index (χ0) is 22.9. The molecular formula is C22H24N4O5S. The number of sulfonamides is 1. The lowest BCUT2D eigenvalue weighted by Crippen LogP contribution is -2.36. The summed E-state index contributed by atoms with van der Waals surface area (Å²) in [6, 6.07) is 13.6. The van der Waals surface area contributed by atoms with Crippen LogP contribution in [0.3, 0.4) is 0 Å². The summed E-state index contributed by atoms with van der Waals surface area (Å²) in [5, 5.41) is 3.86. The Bertz CT molecular complexity index is 1390. The molecule has 4 rings (SSSR count). The van der Waals surface area contributed by atoms with E-state index in [1.807, 2.05) is 51.1 Å². The second-order valence-electron chi connectivity index (χ2n) is 7.67. The zero-order valence-corrected chi connectivity index (χ0v) is 18.9. The molecule has 0 atom stereocenters. The summed E-state index contributed by atoms with van der Waals surface area (Å²) in [5.41, 5.74) is 1.52. The molecule has 0 aliphatic heterocycles. The van der Waals surface area contributed by atoms with E-state index in [0.29, 0.717) is 23.7 Å². The molecule has 4 aromatic rings. The van der Waals surface area contributed by atoms with Crippen molar-refractivity contribution < 1.29 is 17.4 Å². The van der Waals surface area contributed by atoms with Gasteiger partial charge in [0.15, 0.2) is 11.4 Å². The number of rotatable bonds is 8. The second-order valence-corrected chi connectivity index (χ2v) is 9.56. The molecule has 0 N–H and O–H groups in total. The maximum atomic E-state index is 13.4. The lowest BCUT2D eigenvalue weighted by atomic mass is 10.2. The minimum absolute atomic E-state index is 0.0587. The highest BCUT2D eigenvalue weighted by molar-refractivity contribution is 7.89. The number of hydrogen-bond donors (Lipinski definition) is 0. The van der Waals surface area contributed by atoms with Gasteiger partial charge in [-0.25, -0.2) is 13.2 Å². The predicted octanol–water partition coefficient (Wildman–Crippen LogP) is 3.19. The van der Waals surface area contributed by atoms with Crippen molar-refractivity contribution in [2.24, 2.45) is 0 Å². The molecule has 10 heteroatoms. The van der Waals surface area contributed by atoms with E-state index in [9.17, 15) is 13.2 Å². The topological polar surface area (TPSA) is 111 Å². The highest BCUT2D eigenvalue weighted by Gasteiger charge is 2.28. The van der Waals surface area contributed by atoms with Crippen LogP contribution in [0.4, 0.5) is 0 Å². The zero-order valence-electron chi connectivity index (χ0n) is 18.1. The van der Waals surface area contributed by atoms with Crippen LogP contribution in [0.25, 0.3) is 11.1 Å². The summed E-state index contributed by atoms with van der Waals surface area (Å²) in [6.45, 7) is 5.84. The Hall–Kier alpha value is -3.24. The number of aryl methyl sites for hydroxylation is 1. The molecular weight excluding hydrogens is 432 g/mol. The first-order valence-corrected chi connectivity index (χ1v) is 11.7. The first kappa shape index (κ1) is 22.0. The molecule has 0 unspecified atom stereocenters. The molecule has 2 aromatic carbocycles. The van der Waals surface area contributed by atoms with E-state index in [4.69, 9.17) is 8.94 Å². The maximum Gasteiger partial charge on any atom is 0.420 e. The van der Waals surface area contributed by atoms with Gasteiger partial charge in [-0.3, -0.25) is 4.57 Å². The van der Waals surface area contributed by atoms with Crippen LogP contribution in [-0.4, -0.2) is 33.5 Å². The summed E-state index contributed by atoms with van der Waals surface area (Å²) in [6.07, 6.45) is 0.588. The van der Waals surface area contributed by atoms with Gasteiger partial charge in [0, 0.05) is 25.1 Å². The SMILES string of the molecule is CCc1nc(Cn2c(=O)oc3cc(S(=O)(=O)N(Cc4ccccc4)C(C)C)ccc32)no1. The van der Waals surface area contributed by atoms with E-state index >= 15 is 0 Å². The molecule has 2 heterocycles. The average molecular weight is 457 g/mol. The van der Waals surface area contributed by atoms with Crippen molar-refractivity contribution in [3.05, 3.63) is 76.4 Å². The lowest BCUT2D eigenvalue weighted by Gasteiger charge is -2.26. The predicted molar refractivity (Wildman–Crippen MR) is 118 cm³/mol. The normalized spacial score (nSPS) is 12.3. The quantitative estimate of drug-likeness (QED) is 0.400. The Morgan fingerprint density at radius 2 is 1.88 bits per heavy atom. The van der Waals surface area contributed by atoms with Gasteiger partial charge in [-0.05, 0) is 31.5 Å². The number of benzene rings is 2.